The number of nitrogens with one attached hydrogen (secondary N) is 2. The molecule has 0 saturated heterocycles. The van der Waals surface area contributed by atoms with Crippen LogP contribution < -0.4 is 24.8 Å². The second-order valence-electron chi connectivity index (χ2n) is 5.17. The Labute approximate surface area is 155 Å². The lowest BCUT2D eigenvalue weighted by Gasteiger charge is -2.13. The summed E-state index contributed by atoms with van der Waals surface area (Å²) < 4.78 is 16.3. The second-order valence-corrected chi connectivity index (χ2v) is 6.02. The highest BCUT2D eigenvalue weighted by Gasteiger charge is 2.11. The number of hydrogen-bond donors (Lipinski definition) is 2. The first-order chi connectivity index (χ1) is 12.1. The number of amides is 2. The van der Waals surface area contributed by atoms with Crippen molar-refractivity contribution in [1.82, 2.24) is 5.32 Å². The van der Waals surface area contributed by atoms with E-state index in [4.69, 9.17) is 14.2 Å². The van der Waals surface area contributed by atoms with Crippen LogP contribution in [0.4, 0.5) is 10.5 Å². The Morgan fingerprint density at radius 2 is 1.64 bits per heavy atom. The third-order valence-corrected chi connectivity index (χ3v) is 4.24. The molecule has 0 fully saturated rings. The fourth-order valence-electron chi connectivity index (χ4n) is 2.23. The predicted molar refractivity (Wildman–Crippen MR) is 101 cm³/mol. The molecule has 0 radical (unpaired) electrons. The lowest BCUT2D eigenvalue weighted by atomic mass is 10.1. The van der Waals surface area contributed by atoms with Crippen LogP contribution in [0.2, 0.25) is 0 Å². The fourth-order valence-corrected chi connectivity index (χ4v) is 2.65. The molecular formula is C18H21BrN2O4. The van der Waals surface area contributed by atoms with Gasteiger partial charge in [0.1, 0.15) is 5.75 Å². The van der Waals surface area contributed by atoms with Crippen LogP contribution in [0.1, 0.15) is 5.56 Å². The molecule has 25 heavy (non-hydrogen) atoms. The first-order valence-corrected chi connectivity index (χ1v) is 8.46. The maximum atomic E-state index is 12.1. The molecule has 134 valence electrons. The molecule has 0 aromatic heterocycles. The third-order valence-electron chi connectivity index (χ3n) is 3.58. The monoisotopic (exact) mass is 408 g/mol. The van der Waals surface area contributed by atoms with Gasteiger partial charge in [-0.1, -0.05) is 12.1 Å². The second kappa shape index (κ2) is 9.17. The van der Waals surface area contributed by atoms with Crippen LogP contribution in [0, 0.1) is 0 Å². The van der Waals surface area contributed by atoms with Crippen molar-refractivity contribution < 1.29 is 19.0 Å². The van der Waals surface area contributed by atoms with Gasteiger partial charge in [-0.3, -0.25) is 0 Å². The highest BCUT2D eigenvalue weighted by molar-refractivity contribution is 9.10. The Bertz CT molecular complexity index is 720. The first kappa shape index (κ1) is 18.9. The molecule has 0 aliphatic heterocycles. The van der Waals surface area contributed by atoms with E-state index in [1.165, 1.54) is 0 Å². The van der Waals surface area contributed by atoms with Crippen LogP contribution in [-0.4, -0.2) is 33.9 Å². The molecule has 2 N–H and O–H groups in total. The molecule has 2 aromatic carbocycles. The quantitative estimate of drug-likeness (QED) is 0.729. The molecule has 0 bridgehead atoms. The molecular weight excluding hydrogens is 388 g/mol. The van der Waals surface area contributed by atoms with Gasteiger partial charge < -0.3 is 24.8 Å². The largest absolute Gasteiger partial charge is 0.497 e. The SMILES string of the molecule is COc1ccc(CCNC(=O)Nc2cc(OC)c(OC)cc2Br)cc1. The normalized spacial score (nSPS) is 10.1. The molecule has 2 aromatic rings. The van der Waals surface area contributed by atoms with E-state index < -0.39 is 0 Å². The summed E-state index contributed by atoms with van der Waals surface area (Å²) in [6.45, 7) is 0.517. The van der Waals surface area contributed by atoms with Gasteiger partial charge in [0, 0.05) is 23.2 Å². The van der Waals surface area contributed by atoms with E-state index in [0.717, 1.165) is 17.7 Å². The van der Waals surface area contributed by atoms with Gasteiger partial charge in [-0.15, -0.1) is 0 Å². The maximum absolute atomic E-state index is 12.1. The van der Waals surface area contributed by atoms with E-state index in [1.807, 2.05) is 24.3 Å². The number of carbonyl (C=O) groups excluding carboxylic acids is 1. The van der Waals surface area contributed by atoms with Crippen molar-refractivity contribution in [2.45, 2.75) is 6.42 Å². The van der Waals surface area contributed by atoms with Gasteiger partial charge in [0.25, 0.3) is 0 Å². The zero-order chi connectivity index (χ0) is 18.2. The van der Waals surface area contributed by atoms with E-state index in [9.17, 15) is 4.79 Å². The van der Waals surface area contributed by atoms with E-state index in [0.29, 0.717) is 28.2 Å². The number of rotatable bonds is 7. The van der Waals surface area contributed by atoms with Crippen molar-refractivity contribution in [1.29, 1.82) is 0 Å². The van der Waals surface area contributed by atoms with E-state index in [2.05, 4.69) is 26.6 Å². The average molecular weight is 409 g/mol. The lowest BCUT2D eigenvalue weighted by molar-refractivity contribution is 0.252. The van der Waals surface area contributed by atoms with Crippen molar-refractivity contribution in [2.75, 3.05) is 33.2 Å². The summed E-state index contributed by atoms with van der Waals surface area (Å²) in [7, 11) is 4.74. The summed E-state index contributed by atoms with van der Waals surface area (Å²) in [5.74, 6) is 1.94. The van der Waals surface area contributed by atoms with Gasteiger partial charge in [0.15, 0.2) is 11.5 Å². The number of benzene rings is 2. The first-order valence-electron chi connectivity index (χ1n) is 7.66. The van der Waals surface area contributed by atoms with Gasteiger partial charge in [0.2, 0.25) is 0 Å². The summed E-state index contributed by atoms with van der Waals surface area (Å²) in [4.78, 5) is 12.1. The summed E-state index contributed by atoms with van der Waals surface area (Å²) in [6, 6.07) is 10.9. The number of halogens is 1. The minimum atomic E-state index is -0.290. The van der Waals surface area contributed by atoms with Gasteiger partial charge in [-0.2, -0.15) is 0 Å². The van der Waals surface area contributed by atoms with Crippen molar-refractivity contribution in [2.24, 2.45) is 0 Å². The highest BCUT2D eigenvalue weighted by atomic mass is 79.9. The predicted octanol–water partition coefficient (Wildman–Crippen LogP) is 3.84. The number of anilines is 1. The number of urea groups is 1. The van der Waals surface area contributed by atoms with Gasteiger partial charge in [0.05, 0.1) is 27.0 Å². The lowest BCUT2D eigenvalue weighted by Crippen LogP contribution is -2.30. The zero-order valence-electron chi connectivity index (χ0n) is 14.4. The number of carbonyl (C=O) groups is 1. The van der Waals surface area contributed by atoms with Crippen molar-refractivity contribution in [3.05, 3.63) is 46.4 Å². The standard InChI is InChI=1S/C18H21BrN2O4/c1-23-13-6-4-12(5-7-13)8-9-20-18(22)21-15-11-17(25-3)16(24-2)10-14(15)19/h4-7,10-11H,8-9H2,1-3H3,(H2,20,21,22). The number of hydrogen-bond acceptors (Lipinski definition) is 4. The molecule has 0 heterocycles. The van der Waals surface area contributed by atoms with Crippen molar-refractivity contribution in [3.63, 3.8) is 0 Å². The van der Waals surface area contributed by atoms with Gasteiger partial charge in [-0.25, -0.2) is 4.79 Å². The van der Waals surface area contributed by atoms with Crippen LogP contribution in [0.3, 0.4) is 0 Å². The molecule has 7 heteroatoms. The van der Waals surface area contributed by atoms with Crippen molar-refractivity contribution >= 4 is 27.6 Å². The van der Waals surface area contributed by atoms with E-state index >= 15 is 0 Å². The highest BCUT2D eigenvalue weighted by Crippen LogP contribution is 2.36. The smallest absolute Gasteiger partial charge is 0.319 e. The number of ether oxygens (including phenoxy) is 3. The Kier molecular flexibility index (Phi) is 6.94. The summed E-state index contributed by atoms with van der Waals surface area (Å²) in [5.41, 5.74) is 1.72. The summed E-state index contributed by atoms with van der Waals surface area (Å²) >= 11 is 3.41. The molecule has 6 nitrogen and oxygen atoms in total. The molecule has 2 rings (SSSR count). The minimum Gasteiger partial charge on any atom is -0.497 e. The fraction of sp³-hybridized carbons (Fsp3) is 0.278. The molecule has 0 atom stereocenters. The molecule has 0 unspecified atom stereocenters. The maximum Gasteiger partial charge on any atom is 0.319 e. The van der Waals surface area contributed by atoms with Crippen LogP contribution in [0.15, 0.2) is 40.9 Å². The van der Waals surface area contributed by atoms with Crippen LogP contribution in [0.5, 0.6) is 17.2 Å². The Morgan fingerprint density at radius 1 is 1.00 bits per heavy atom. The topological polar surface area (TPSA) is 68.8 Å². The zero-order valence-corrected chi connectivity index (χ0v) is 16.0. The van der Waals surface area contributed by atoms with Crippen LogP contribution >= 0.6 is 15.9 Å². The van der Waals surface area contributed by atoms with Gasteiger partial charge in [-0.05, 0) is 40.0 Å². The Hall–Kier alpha value is -2.41. The number of methoxy groups -OCH3 is 3. The summed E-state index contributed by atoms with van der Waals surface area (Å²) in [5, 5.41) is 5.62. The molecule has 0 saturated carbocycles. The third kappa shape index (κ3) is 5.29. The van der Waals surface area contributed by atoms with Crippen LogP contribution in [0.25, 0.3) is 0 Å². The Balaban J connectivity index is 1.89. The van der Waals surface area contributed by atoms with E-state index in [-0.39, 0.29) is 6.03 Å². The molecule has 0 spiro atoms. The van der Waals surface area contributed by atoms with Gasteiger partial charge >= 0.3 is 6.03 Å². The molecule has 2 amide bonds. The molecule has 0 aliphatic carbocycles. The van der Waals surface area contributed by atoms with Crippen molar-refractivity contribution in [3.8, 4) is 17.2 Å². The Morgan fingerprint density at radius 3 is 2.24 bits per heavy atom. The molecule has 0 aliphatic rings. The summed E-state index contributed by atoms with van der Waals surface area (Å²) in [6.07, 6.45) is 0.727. The van der Waals surface area contributed by atoms with E-state index in [1.54, 1.807) is 33.5 Å². The van der Waals surface area contributed by atoms with Crippen LogP contribution in [-0.2, 0) is 6.42 Å². The minimum absolute atomic E-state index is 0.290. The average Bonchev–Trinajstić information content (AvgIpc) is 2.63.